The maximum Gasteiger partial charge on any atom is 0.224 e. The van der Waals surface area contributed by atoms with Gasteiger partial charge in [-0.2, -0.15) is 0 Å². The summed E-state index contributed by atoms with van der Waals surface area (Å²) in [6.45, 7) is 1.93. The SMILES string of the molecule is Cc1ccc(NC(=O)CCC(=O)c2cccs2)c(Cl)c1. The summed E-state index contributed by atoms with van der Waals surface area (Å²) in [6.07, 6.45) is 0.358. The van der Waals surface area contributed by atoms with Crippen molar-refractivity contribution in [3.63, 3.8) is 0 Å². The van der Waals surface area contributed by atoms with E-state index in [1.54, 1.807) is 18.2 Å². The van der Waals surface area contributed by atoms with Crippen LogP contribution in [0.5, 0.6) is 0 Å². The Morgan fingerprint density at radius 1 is 1.25 bits per heavy atom. The van der Waals surface area contributed by atoms with Gasteiger partial charge in [0.15, 0.2) is 5.78 Å². The maximum atomic E-state index is 11.8. The van der Waals surface area contributed by atoms with Crippen LogP contribution in [0.1, 0.15) is 28.1 Å². The van der Waals surface area contributed by atoms with Gasteiger partial charge in [0.1, 0.15) is 0 Å². The smallest absolute Gasteiger partial charge is 0.224 e. The largest absolute Gasteiger partial charge is 0.325 e. The number of halogens is 1. The summed E-state index contributed by atoms with van der Waals surface area (Å²) >= 11 is 7.43. The number of nitrogens with one attached hydrogen (secondary N) is 1. The lowest BCUT2D eigenvalue weighted by Crippen LogP contribution is -2.13. The van der Waals surface area contributed by atoms with Crippen molar-refractivity contribution >= 4 is 40.3 Å². The van der Waals surface area contributed by atoms with Crippen LogP contribution in [0.4, 0.5) is 5.69 Å². The lowest BCUT2D eigenvalue weighted by Gasteiger charge is -2.07. The molecular formula is C15H14ClNO2S. The van der Waals surface area contributed by atoms with Crippen molar-refractivity contribution in [1.82, 2.24) is 0 Å². The van der Waals surface area contributed by atoms with Crippen molar-refractivity contribution in [1.29, 1.82) is 0 Å². The zero-order valence-corrected chi connectivity index (χ0v) is 12.6. The lowest BCUT2D eigenvalue weighted by atomic mass is 10.2. The molecule has 1 aromatic heterocycles. The number of hydrogen-bond acceptors (Lipinski definition) is 3. The van der Waals surface area contributed by atoms with Crippen molar-refractivity contribution < 1.29 is 9.59 Å². The molecule has 20 heavy (non-hydrogen) atoms. The first-order chi connectivity index (χ1) is 9.56. The van der Waals surface area contributed by atoms with E-state index < -0.39 is 0 Å². The highest BCUT2D eigenvalue weighted by Crippen LogP contribution is 2.23. The summed E-state index contributed by atoms with van der Waals surface area (Å²) in [5.41, 5.74) is 1.60. The van der Waals surface area contributed by atoms with Gasteiger partial charge in [0, 0.05) is 12.8 Å². The Balaban J connectivity index is 1.88. The average molecular weight is 308 g/mol. The number of anilines is 1. The number of amides is 1. The predicted octanol–water partition coefficient (Wildman–Crippen LogP) is 4.31. The van der Waals surface area contributed by atoms with Crippen molar-refractivity contribution in [3.05, 3.63) is 51.2 Å². The Labute approximate surface area is 126 Å². The van der Waals surface area contributed by atoms with Crippen LogP contribution in [-0.2, 0) is 4.79 Å². The second-order valence-corrected chi connectivity index (χ2v) is 5.79. The molecule has 2 aromatic rings. The summed E-state index contributed by atoms with van der Waals surface area (Å²) in [7, 11) is 0. The zero-order valence-electron chi connectivity index (χ0n) is 11.0. The summed E-state index contributed by atoms with van der Waals surface area (Å²) < 4.78 is 0. The fourth-order valence-electron chi connectivity index (χ4n) is 1.72. The number of carbonyl (C=O) groups is 2. The van der Waals surface area contributed by atoms with Crippen LogP contribution in [0.25, 0.3) is 0 Å². The molecule has 1 amide bonds. The van der Waals surface area contributed by atoms with Crippen molar-refractivity contribution in [2.75, 3.05) is 5.32 Å². The van der Waals surface area contributed by atoms with Gasteiger partial charge >= 0.3 is 0 Å². The molecule has 1 aromatic carbocycles. The highest BCUT2D eigenvalue weighted by Gasteiger charge is 2.11. The van der Waals surface area contributed by atoms with E-state index in [0.717, 1.165) is 5.56 Å². The third kappa shape index (κ3) is 3.92. The molecule has 1 heterocycles. The number of hydrogen-bond donors (Lipinski definition) is 1. The van der Waals surface area contributed by atoms with Gasteiger partial charge in [0.05, 0.1) is 15.6 Å². The second-order valence-electron chi connectivity index (χ2n) is 4.43. The van der Waals surface area contributed by atoms with Gasteiger partial charge in [-0.15, -0.1) is 11.3 Å². The van der Waals surface area contributed by atoms with Crippen molar-refractivity contribution in [2.45, 2.75) is 19.8 Å². The number of rotatable bonds is 5. The zero-order chi connectivity index (χ0) is 14.5. The van der Waals surface area contributed by atoms with Crippen molar-refractivity contribution in [2.24, 2.45) is 0 Å². The molecule has 3 nitrogen and oxygen atoms in total. The molecule has 0 aliphatic rings. The first kappa shape index (κ1) is 14.8. The fourth-order valence-corrected chi connectivity index (χ4v) is 2.70. The van der Waals surface area contributed by atoms with E-state index in [0.29, 0.717) is 15.6 Å². The van der Waals surface area contributed by atoms with Crippen molar-refractivity contribution in [3.8, 4) is 0 Å². The molecular weight excluding hydrogens is 294 g/mol. The number of benzene rings is 1. The van der Waals surface area contributed by atoms with E-state index in [9.17, 15) is 9.59 Å². The normalized spacial score (nSPS) is 10.3. The topological polar surface area (TPSA) is 46.2 Å². The Morgan fingerprint density at radius 2 is 2.05 bits per heavy atom. The molecule has 0 atom stereocenters. The van der Waals surface area contributed by atoms with Crippen LogP contribution in [0.2, 0.25) is 5.02 Å². The number of ketones is 1. The van der Waals surface area contributed by atoms with E-state index in [1.807, 2.05) is 24.4 Å². The highest BCUT2D eigenvalue weighted by atomic mass is 35.5. The fraction of sp³-hybridized carbons (Fsp3) is 0.200. The van der Waals surface area contributed by atoms with Gasteiger partial charge in [-0.05, 0) is 36.1 Å². The number of aryl methyl sites for hydroxylation is 1. The molecule has 0 saturated heterocycles. The second kappa shape index (κ2) is 6.68. The van der Waals surface area contributed by atoms with Gasteiger partial charge < -0.3 is 5.32 Å². The predicted molar refractivity (Wildman–Crippen MR) is 82.7 cm³/mol. The quantitative estimate of drug-likeness (QED) is 0.837. The van der Waals surface area contributed by atoms with Gasteiger partial charge in [0.25, 0.3) is 0 Å². The van der Waals surface area contributed by atoms with E-state index in [4.69, 9.17) is 11.6 Å². The van der Waals surface area contributed by atoms with Crippen LogP contribution >= 0.6 is 22.9 Å². The molecule has 0 bridgehead atoms. The molecule has 0 saturated carbocycles. The molecule has 1 N–H and O–H groups in total. The third-order valence-electron chi connectivity index (χ3n) is 2.77. The lowest BCUT2D eigenvalue weighted by molar-refractivity contribution is -0.116. The molecule has 104 valence electrons. The summed E-state index contributed by atoms with van der Waals surface area (Å²) in [5.74, 6) is -0.217. The first-order valence-electron chi connectivity index (χ1n) is 6.19. The summed E-state index contributed by atoms with van der Waals surface area (Å²) in [6, 6.07) is 9.01. The van der Waals surface area contributed by atoms with Gasteiger partial charge in [-0.1, -0.05) is 23.7 Å². The first-order valence-corrected chi connectivity index (χ1v) is 7.45. The molecule has 0 radical (unpaired) electrons. The summed E-state index contributed by atoms with van der Waals surface area (Å²) in [4.78, 5) is 24.3. The van der Waals surface area contributed by atoms with Crippen LogP contribution < -0.4 is 5.32 Å². The molecule has 2 rings (SSSR count). The molecule has 0 spiro atoms. The van der Waals surface area contributed by atoms with Crippen LogP contribution in [0, 0.1) is 6.92 Å². The van der Waals surface area contributed by atoms with E-state index in [-0.39, 0.29) is 24.5 Å². The van der Waals surface area contributed by atoms with Gasteiger partial charge in [-0.3, -0.25) is 9.59 Å². The number of carbonyl (C=O) groups excluding carboxylic acids is 2. The highest BCUT2D eigenvalue weighted by molar-refractivity contribution is 7.12. The van der Waals surface area contributed by atoms with E-state index >= 15 is 0 Å². The number of thiophene rings is 1. The third-order valence-corrected chi connectivity index (χ3v) is 4.00. The molecule has 0 aliphatic heterocycles. The Kier molecular flexibility index (Phi) is 4.93. The Bertz CT molecular complexity index is 623. The van der Waals surface area contributed by atoms with Crippen LogP contribution in [-0.4, -0.2) is 11.7 Å². The monoisotopic (exact) mass is 307 g/mol. The van der Waals surface area contributed by atoms with E-state index in [2.05, 4.69) is 5.32 Å². The Morgan fingerprint density at radius 3 is 2.70 bits per heavy atom. The van der Waals surface area contributed by atoms with Gasteiger partial charge in [-0.25, -0.2) is 0 Å². The van der Waals surface area contributed by atoms with Crippen LogP contribution in [0.3, 0.4) is 0 Å². The molecule has 0 unspecified atom stereocenters. The minimum absolute atomic E-state index is 0.00912. The van der Waals surface area contributed by atoms with E-state index in [1.165, 1.54) is 11.3 Å². The molecule has 5 heteroatoms. The molecule has 0 fully saturated rings. The minimum atomic E-state index is -0.208. The standard InChI is InChI=1S/C15H14ClNO2S/c1-10-4-5-12(11(16)9-10)17-15(19)7-6-13(18)14-3-2-8-20-14/h2-5,8-9H,6-7H2,1H3,(H,17,19). The van der Waals surface area contributed by atoms with Gasteiger partial charge in [0.2, 0.25) is 5.91 Å². The maximum absolute atomic E-state index is 11.8. The minimum Gasteiger partial charge on any atom is -0.325 e. The Hall–Kier alpha value is -1.65. The van der Waals surface area contributed by atoms with Crippen LogP contribution in [0.15, 0.2) is 35.7 Å². The average Bonchev–Trinajstić information content (AvgIpc) is 2.93. The molecule has 0 aliphatic carbocycles. The number of Topliss-reactive ketones (excluding diaryl/α,β-unsaturated/α-hetero) is 1. The summed E-state index contributed by atoms with van der Waals surface area (Å²) in [5, 5.41) is 5.07.